The summed E-state index contributed by atoms with van der Waals surface area (Å²) < 4.78 is 0. The third-order valence-corrected chi connectivity index (χ3v) is 6.32. The molecule has 2 atom stereocenters. The largest absolute Gasteiger partial charge is 0.0863 e. The van der Waals surface area contributed by atoms with Crippen LogP contribution in [0.4, 0.5) is 0 Å². The Morgan fingerprint density at radius 3 is 2.27 bits per heavy atom. The van der Waals surface area contributed by atoms with Crippen molar-refractivity contribution in [3.63, 3.8) is 0 Å². The van der Waals surface area contributed by atoms with Gasteiger partial charge in [-0.2, -0.15) is 0 Å². The number of aryl methyl sites for hydroxylation is 1. The summed E-state index contributed by atoms with van der Waals surface area (Å²) in [6, 6.07) is 19.6. The van der Waals surface area contributed by atoms with Crippen molar-refractivity contribution in [3.8, 4) is 11.8 Å². The molecule has 0 N–H and O–H groups in total. The number of hydrogen-bond acceptors (Lipinski definition) is 0. The average molecular weight is 397 g/mol. The van der Waals surface area contributed by atoms with Crippen molar-refractivity contribution in [1.82, 2.24) is 0 Å². The van der Waals surface area contributed by atoms with Gasteiger partial charge in [0, 0.05) is 5.56 Å². The highest BCUT2D eigenvalue weighted by molar-refractivity contribution is 5.76. The van der Waals surface area contributed by atoms with Gasteiger partial charge in [-0.25, -0.2) is 0 Å². The molecule has 2 aromatic rings. The Labute approximate surface area is 184 Å². The van der Waals surface area contributed by atoms with Gasteiger partial charge in [0.2, 0.25) is 0 Å². The van der Waals surface area contributed by atoms with Crippen LogP contribution in [0.2, 0.25) is 0 Å². The zero-order valence-electron chi connectivity index (χ0n) is 19.0. The highest BCUT2D eigenvalue weighted by Gasteiger charge is 2.32. The summed E-state index contributed by atoms with van der Waals surface area (Å²) in [6.45, 7) is 6.85. The fourth-order valence-corrected chi connectivity index (χ4v) is 4.21. The summed E-state index contributed by atoms with van der Waals surface area (Å²) in [4.78, 5) is 0. The maximum absolute atomic E-state index is 3.71. The molecule has 1 aliphatic carbocycles. The fraction of sp³-hybridized carbons (Fsp3) is 0.400. The van der Waals surface area contributed by atoms with Crippen molar-refractivity contribution in [3.05, 3.63) is 89.5 Å². The second-order valence-corrected chi connectivity index (χ2v) is 8.66. The van der Waals surface area contributed by atoms with E-state index in [1.165, 1.54) is 48.8 Å². The van der Waals surface area contributed by atoms with Crippen LogP contribution >= 0.6 is 0 Å². The second kappa shape index (κ2) is 11.0. The smallest absolute Gasteiger partial charge is 0.0560 e. The van der Waals surface area contributed by atoms with Crippen molar-refractivity contribution < 1.29 is 0 Å². The monoisotopic (exact) mass is 396 g/mol. The normalized spacial score (nSPS) is 20.4. The molecule has 0 fully saturated rings. The van der Waals surface area contributed by atoms with E-state index in [4.69, 9.17) is 0 Å². The summed E-state index contributed by atoms with van der Waals surface area (Å²) in [5.74, 6) is 7.63. The lowest BCUT2D eigenvalue weighted by atomic mass is 9.69. The predicted molar refractivity (Wildman–Crippen MR) is 131 cm³/mol. The van der Waals surface area contributed by atoms with Crippen molar-refractivity contribution in [2.24, 2.45) is 11.3 Å². The molecule has 0 aromatic heterocycles. The van der Waals surface area contributed by atoms with E-state index < -0.39 is 0 Å². The predicted octanol–water partition coefficient (Wildman–Crippen LogP) is 8.24. The van der Waals surface area contributed by atoms with Crippen LogP contribution in [-0.4, -0.2) is 0 Å². The second-order valence-electron chi connectivity index (χ2n) is 8.66. The molecule has 0 bridgehead atoms. The fourth-order valence-electron chi connectivity index (χ4n) is 4.21. The molecule has 0 heterocycles. The minimum absolute atomic E-state index is 0.0751. The quantitative estimate of drug-likeness (QED) is 0.311. The molecule has 0 saturated heterocycles. The topological polar surface area (TPSA) is 0 Å². The van der Waals surface area contributed by atoms with Gasteiger partial charge in [-0.1, -0.05) is 119 Å². The Bertz CT molecular complexity index is 902. The van der Waals surface area contributed by atoms with Crippen LogP contribution < -0.4 is 0 Å². The van der Waals surface area contributed by atoms with Gasteiger partial charge in [-0.3, -0.25) is 0 Å². The van der Waals surface area contributed by atoms with E-state index in [9.17, 15) is 0 Å². The number of allylic oxidation sites excluding steroid dienone is 4. The van der Waals surface area contributed by atoms with Crippen molar-refractivity contribution >= 4 is 5.57 Å². The summed E-state index contributed by atoms with van der Waals surface area (Å²) in [5.41, 5.74) is 5.08. The number of benzene rings is 2. The van der Waals surface area contributed by atoms with Crippen molar-refractivity contribution in [1.29, 1.82) is 0 Å². The molecular formula is C30H36. The van der Waals surface area contributed by atoms with Crippen molar-refractivity contribution in [2.75, 3.05) is 0 Å². The van der Waals surface area contributed by atoms with E-state index in [0.717, 1.165) is 18.4 Å². The van der Waals surface area contributed by atoms with Crippen molar-refractivity contribution in [2.45, 2.75) is 65.7 Å². The third-order valence-electron chi connectivity index (χ3n) is 6.32. The van der Waals surface area contributed by atoms with E-state index in [0.29, 0.717) is 5.92 Å². The van der Waals surface area contributed by atoms with Crippen LogP contribution in [0.15, 0.2) is 72.8 Å². The molecule has 0 nitrogen and oxygen atoms in total. The van der Waals surface area contributed by atoms with E-state index >= 15 is 0 Å². The van der Waals surface area contributed by atoms with Gasteiger partial charge in [-0.15, -0.1) is 0 Å². The number of unbranched alkanes of at least 4 members (excludes halogenated alkanes) is 3. The Kier molecular flexibility index (Phi) is 8.15. The van der Waals surface area contributed by atoms with E-state index in [-0.39, 0.29) is 5.41 Å². The van der Waals surface area contributed by atoms with Crippen LogP contribution in [0.3, 0.4) is 0 Å². The maximum Gasteiger partial charge on any atom is 0.0560 e. The van der Waals surface area contributed by atoms with Gasteiger partial charge in [0.1, 0.15) is 0 Å². The van der Waals surface area contributed by atoms with Gasteiger partial charge < -0.3 is 0 Å². The first-order valence-corrected chi connectivity index (χ1v) is 11.8. The lowest BCUT2D eigenvalue weighted by Gasteiger charge is -2.33. The SMILES string of the molecule is CCCCCC1(C#Cc2ccc(CCCC)cc2)C=CC(c2ccccc2)=CC1C. The molecule has 3 rings (SSSR count). The zero-order chi connectivity index (χ0) is 21.2. The molecule has 30 heavy (non-hydrogen) atoms. The van der Waals surface area contributed by atoms with Gasteiger partial charge in [-0.05, 0) is 54.0 Å². The molecule has 2 unspecified atom stereocenters. The first-order chi connectivity index (χ1) is 14.7. The summed E-state index contributed by atoms with van der Waals surface area (Å²) in [5, 5.41) is 0. The lowest BCUT2D eigenvalue weighted by molar-refractivity contribution is 0.352. The molecule has 0 aliphatic heterocycles. The van der Waals surface area contributed by atoms with Crippen LogP contribution in [0.25, 0.3) is 5.57 Å². The highest BCUT2D eigenvalue weighted by atomic mass is 14.3. The van der Waals surface area contributed by atoms with Crippen LogP contribution in [-0.2, 0) is 6.42 Å². The third kappa shape index (κ3) is 5.76. The van der Waals surface area contributed by atoms with Gasteiger partial charge in [0.15, 0.2) is 0 Å². The first kappa shape index (κ1) is 22.2. The van der Waals surface area contributed by atoms with Gasteiger partial charge >= 0.3 is 0 Å². The molecule has 156 valence electrons. The van der Waals surface area contributed by atoms with Gasteiger partial charge in [0.25, 0.3) is 0 Å². The minimum Gasteiger partial charge on any atom is -0.0863 e. The van der Waals surface area contributed by atoms with E-state index in [1.807, 2.05) is 0 Å². The molecular weight excluding hydrogens is 360 g/mol. The Morgan fingerprint density at radius 2 is 1.60 bits per heavy atom. The van der Waals surface area contributed by atoms with E-state index in [1.54, 1.807) is 0 Å². The number of hydrogen-bond donors (Lipinski definition) is 0. The maximum atomic E-state index is 3.71. The molecule has 0 heteroatoms. The lowest BCUT2D eigenvalue weighted by Crippen LogP contribution is -2.26. The summed E-state index contributed by atoms with van der Waals surface area (Å²) >= 11 is 0. The molecule has 1 aliphatic rings. The zero-order valence-corrected chi connectivity index (χ0v) is 19.0. The average Bonchev–Trinajstić information content (AvgIpc) is 2.79. The number of rotatable bonds is 8. The Balaban J connectivity index is 1.83. The molecule has 2 aromatic carbocycles. The van der Waals surface area contributed by atoms with Crippen LogP contribution in [0.5, 0.6) is 0 Å². The summed E-state index contributed by atoms with van der Waals surface area (Å²) in [7, 11) is 0. The van der Waals surface area contributed by atoms with Crippen LogP contribution in [0, 0.1) is 23.2 Å². The van der Waals surface area contributed by atoms with Crippen LogP contribution in [0.1, 0.15) is 76.0 Å². The minimum atomic E-state index is -0.0751. The highest BCUT2D eigenvalue weighted by Crippen LogP contribution is 2.41. The molecule has 0 radical (unpaired) electrons. The molecule has 0 amide bonds. The first-order valence-electron chi connectivity index (χ1n) is 11.8. The molecule has 0 saturated carbocycles. The standard InChI is InChI=1S/C30H36/c1-4-6-11-21-30(22-19-27-17-15-26(16-18-27)12-7-5-2)23-20-29(24-25(30)3)28-13-9-8-10-14-28/h8-10,13-18,20,23-25H,4-7,11-12,21H2,1-3H3. The Hall–Kier alpha value is -2.52. The van der Waals surface area contributed by atoms with E-state index in [2.05, 4.69) is 105 Å². The van der Waals surface area contributed by atoms with Gasteiger partial charge in [0.05, 0.1) is 5.41 Å². The summed E-state index contributed by atoms with van der Waals surface area (Å²) in [6.07, 6.45) is 15.6. The Morgan fingerprint density at radius 1 is 0.867 bits per heavy atom. The molecule has 0 spiro atoms.